The van der Waals surface area contributed by atoms with Crippen LogP contribution in [0.5, 0.6) is 0 Å². The van der Waals surface area contributed by atoms with Gasteiger partial charge in [0.05, 0.1) is 34.4 Å². The Morgan fingerprint density at radius 1 is 0.500 bits per heavy atom. The number of carbonyl (C=O) groups is 3. The maximum absolute atomic E-state index is 12.8. The van der Waals surface area contributed by atoms with Crippen molar-refractivity contribution in [2.75, 3.05) is 47.5 Å². The molecular formula is C53H88NO8+. The SMILES string of the molecule is CC/C=C\C/C=C\C/C=C\C/C=C\C/C=C\C/C=C\CCCCC(=O)OC(COC(=O)CCCCCCC/C=C\C/C=C\CCCCCC)COC(OCC[N+](C)(C)C)C(=O)O. The van der Waals surface area contributed by atoms with Gasteiger partial charge in [-0.15, -0.1) is 0 Å². The second-order valence-corrected chi connectivity index (χ2v) is 16.7. The Bertz CT molecular complexity index is 1330. The molecule has 0 fully saturated rings. The molecule has 0 aliphatic rings. The Morgan fingerprint density at radius 2 is 0.919 bits per heavy atom. The first-order chi connectivity index (χ1) is 30.1. The molecule has 0 saturated carbocycles. The monoisotopic (exact) mass is 867 g/mol. The number of ether oxygens (including phenoxy) is 4. The van der Waals surface area contributed by atoms with Crippen molar-refractivity contribution in [1.82, 2.24) is 0 Å². The van der Waals surface area contributed by atoms with Crippen LogP contribution >= 0.6 is 0 Å². The number of hydrogen-bond acceptors (Lipinski definition) is 7. The van der Waals surface area contributed by atoms with Gasteiger partial charge in [0.25, 0.3) is 6.29 Å². The van der Waals surface area contributed by atoms with Crippen LogP contribution in [0.4, 0.5) is 0 Å². The summed E-state index contributed by atoms with van der Waals surface area (Å²) in [5.74, 6) is -2.10. The Kier molecular flexibility index (Phi) is 41.2. The van der Waals surface area contributed by atoms with E-state index in [9.17, 15) is 19.5 Å². The lowest BCUT2D eigenvalue weighted by Gasteiger charge is -2.25. The maximum atomic E-state index is 12.8. The summed E-state index contributed by atoms with van der Waals surface area (Å²) in [5.41, 5.74) is 0. The van der Waals surface area contributed by atoms with Crippen molar-refractivity contribution in [3.8, 4) is 0 Å². The highest BCUT2D eigenvalue weighted by atomic mass is 16.7. The molecule has 0 bridgehead atoms. The van der Waals surface area contributed by atoms with E-state index in [0.29, 0.717) is 17.4 Å². The van der Waals surface area contributed by atoms with Gasteiger partial charge in [-0.3, -0.25) is 9.59 Å². The minimum atomic E-state index is -1.53. The Hall–Kier alpha value is -3.79. The van der Waals surface area contributed by atoms with Gasteiger partial charge in [0.15, 0.2) is 6.10 Å². The molecule has 1 N–H and O–H groups in total. The smallest absolute Gasteiger partial charge is 0.361 e. The summed E-state index contributed by atoms with van der Waals surface area (Å²) in [7, 11) is 5.93. The van der Waals surface area contributed by atoms with Crippen LogP contribution in [0.15, 0.2) is 97.2 Å². The molecule has 2 atom stereocenters. The summed E-state index contributed by atoms with van der Waals surface area (Å²) in [6.07, 6.45) is 54.7. The number of likely N-dealkylation sites (N-methyl/N-ethyl adjacent to an activating group) is 1. The Balaban J connectivity index is 4.54. The minimum absolute atomic E-state index is 0.171. The zero-order chi connectivity index (χ0) is 45.6. The van der Waals surface area contributed by atoms with Crippen molar-refractivity contribution >= 4 is 17.9 Å². The van der Waals surface area contributed by atoms with Crippen LogP contribution < -0.4 is 0 Å². The molecule has 0 radical (unpaired) electrons. The molecule has 0 aromatic heterocycles. The summed E-state index contributed by atoms with van der Waals surface area (Å²) >= 11 is 0. The first-order valence-corrected chi connectivity index (χ1v) is 23.9. The maximum Gasteiger partial charge on any atom is 0.361 e. The predicted octanol–water partition coefficient (Wildman–Crippen LogP) is 13.1. The molecule has 0 rings (SSSR count). The topological polar surface area (TPSA) is 108 Å². The normalized spacial score (nSPS) is 13.8. The summed E-state index contributed by atoms with van der Waals surface area (Å²) < 4.78 is 22.7. The van der Waals surface area contributed by atoms with E-state index in [0.717, 1.165) is 96.3 Å². The van der Waals surface area contributed by atoms with Crippen molar-refractivity contribution < 1.29 is 42.9 Å². The number of hydrogen-bond donors (Lipinski definition) is 1. The van der Waals surface area contributed by atoms with Crippen LogP contribution in [0.2, 0.25) is 0 Å². The number of nitrogens with zero attached hydrogens (tertiary/aromatic N) is 1. The Morgan fingerprint density at radius 3 is 1.40 bits per heavy atom. The molecule has 0 aromatic rings. The number of quaternary nitrogens is 1. The van der Waals surface area contributed by atoms with Gasteiger partial charge in [-0.1, -0.05) is 150 Å². The van der Waals surface area contributed by atoms with E-state index in [4.69, 9.17) is 18.9 Å². The number of esters is 2. The first-order valence-electron chi connectivity index (χ1n) is 23.9. The lowest BCUT2D eigenvalue weighted by Crippen LogP contribution is -2.40. The summed E-state index contributed by atoms with van der Waals surface area (Å²) in [6.45, 7) is 4.64. The van der Waals surface area contributed by atoms with E-state index >= 15 is 0 Å². The van der Waals surface area contributed by atoms with Crippen molar-refractivity contribution in [1.29, 1.82) is 0 Å². The van der Waals surface area contributed by atoms with Crippen LogP contribution in [0.25, 0.3) is 0 Å². The molecule has 0 aliphatic carbocycles. The third-order valence-electron chi connectivity index (χ3n) is 9.57. The average molecular weight is 867 g/mol. The predicted molar refractivity (Wildman–Crippen MR) is 258 cm³/mol. The largest absolute Gasteiger partial charge is 0.477 e. The van der Waals surface area contributed by atoms with E-state index in [1.54, 1.807) is 0 Å². The van der Waals surface area contributed by atoms with Gasteiger partial charge in [0.1, 0.15) is 13.2 Å². The molecule has 0 amide bonds. The fourth-order valence-electron chi connectivity index (χ4n) is 5.87. The fourth-order valence-corrected chi connectivity index (χ4v) is 5.87. The van der Waals surface area contributed by atoms with Gasteiger partial charge in [-0.2, -0.15) is 0 Å². The number of allylic oxidation sites excluding steroid dienone is 16. The lowest BCUT2D eigenvalue weighted by atomic mass is 10.1. The van der Waals surface area contributed by atoms with E-state index < -0.39 is 24.3 Å². The molecule has 0 spiro atoms. The first kappa shape index (κ1) is 58.2. The van der Waals surface area contributed by atoms with Crippen molar-refractivity contribution in [3.63, 3.8) is 0 Å². The second kappa shape index (κ2) is 43.8. The van der Waals surface area contributed by atoms with Crippen LogP contribution in [-0.2, 0) is 33.3 Å². The van der Waals surface area contributed by atoms with Gasteiger partial charge >= 0.3 is 17.9 Å². The minimum Gasteiger partial charge on any atom is -0.477 e. The molecule has 62 heavy (non-hydrogen) atoms. The molecule has 0 saturated heterocycles. The van der Waals surface area contributed by atoms with Crippen LogP contribution in [0.1, 0.15) is 162 Å². The number of rotatable bonds is 42. The molecule has 9 nitrogen and oxygen atoms in total. The molecule has 352 valence electrons. The standard InChI is InChI=1S/C53H87NO8/c1-6-8-10-12-14-16-18-20-22-24-25-26-27-28-30-32-34-36-38-40-42-44-51(56)62-49(48-61-53(52(57)58)59-46-45-54(3,4)5)47-60-50(55)43-41-39-37-35-33-31-29-23-21-19-17-15-13-11-9-7-2/h8,10,14,16-17,19-20,22-23,25-26,28-30,34,36,49,53H,6-7,9,11-13,15,18,21,24,27,31-33,35,37-48H2,1-5H3/p+1/b10-8-,16-14-,19-17-,22-20-,26-25-,29-23-,30-28-,36-34-. The van der Waals surface area contributed by atoms with Gasteiger partial charge < -0.3 is 28.5 Å². The summed E-state index contributed by atoms with van der Waals surface area (Å²) in [6, 6.07) is 0. The van der Waals surface area contributed by atoms with Crippen molar-refractivity contribution in [2.24, 2.45) is 0 Å². The van der Waals surface area contributed by atoms with E-state index in [2.05, 4.69) is 111 Å². The van der Waals surface area contributed by atoms with E-state index in [1.807, 2.05) is 21.1 Å². The van der Waals surface area contributed by atoms with Crippen LogP contribution in [0.3, 0.4) is 0 Å². The zero-order valence-corrected chi connectivity index (χ0v) is 39.7. The van der Waals surface area contributed by atoms with Gasteiger partial charge in [0, 0.05) is 12.8 Å². The highest BCUT2D eigenvalue weighted by Crippen LogP contribution is 2.11. The average Bonchev–Trinajstić information content (AvgIpc) is 3.23. The zero-order valence-electron chi connectivity index (χ0n) is 39.7. The molecular weight excluding hydrogens is 779 g/mol. The number of carbonyl (C=O) groups excluding carboxylic acids is 2. The number of carboxylic acid groups (broad SMARTS) is 1. The summed E-state index contributed by atoms with van der Waals surface area (Å²) in [5, 5.41) is 9.65. The second-order valence-electron chi connectivity index (χ2n) is 16.7. The quantitative estimate of drug-likeness (QED) is 0.0212. The number of aliphatic carboxylic acids is 1. The van der Waals surface area contributed by atoms with Crippen molar-refractivity contribution in [2.45, 2.75) is 174 Å². The molecule has 0 heterocycles. The van der Waals surface area contributed by atoms with Crippen molar-refractivity contribution in [3.05, 3.63) is 97.2 Å². The fraction of sp³-hybridized carbons (Fsp3) is 0.642. The molecule has 0 aromatic carbocycles. The Labute approximate surface area is 378 Å². The lowest BCUT2D eigenvalue weighted by molar-refractivity contribution is -0.870. The van der Waals surface area contributed by atoms with E-state index in [-0.39, 0.29) is 38.6 Å². The van der Waals surface area contributed by atoms with Gasteiger partial charge in [-0.05, 0) is 96.3 Å². The van der Waals surface area contributed by atoms with Gasteiger partial charge in [-0.25, -0.2) is 4.79 Å². The van der Waals surface area contributed by atoms with E-state index in [1.165, 1.54) is 32.1 Å². The number of carboxylic acids is 1. The third-order valence-corrected chi connectivity index (χ3v) is 9.57. The third kappa shape index (κ3) is 44.3. The highest BCUT2D eigenvalue weighted by molar-refractivity contribution is 5.71. The molecule has 2 unspecified atom stereocenters. The van der Waals surface area contributed by atoms with Gasteiger partial charge in [0.2, 0.25) is 0 Å². The highest BCUT2D eigenvalue weighted by Gasteiger charge is 2.25. The van der Waals surface area contributed by atoms with Crippen LogP contribution in [0, 0.1) is 0 Å². The molecule has 0 aliphatic heterocycles. The number of unbranched alkanes of at least 4 members (excludes halogenated alkanes) is 11. The molecule has 9 heteroatoms. The van der Waals surface area contributed by atoms with Crippen LogP contribution in [-0.4, -0.2) is 87.4 Å². The summed E-state index contributed by atoms with van der Waals surface area (Å²) in [4.78, 5) is 37.2.